The van der Waals surface area contributed by atoms with Gasteiger partial charge in [-0.2, -0.15) is 0 Å². The van der Waals surface area contributed by atoms with E-state index in [9.17, 15) is 4.79 Å². The van der Waals surface area contributed by atoms with E-state index in [1.807, 2.05) is 6.07 Å². The molecule has 176 valence electrons. The van der Waals surface area contributed by atoms with Crippen molar-refractivity contribution in [3.05, 3.63) is 95.1 Å². The molecule has 2 atom stereocenters. The lowest BCUT2D eigenvalue weighted by Crippen LogP contribution is -2.27. The van der Waals surface area contributed by atoms with Crippen molar-refractivity contribution < 1.29 is 14.3 Å². The molecular formula is C30H33NO3. The van der Waals surface area contributed by atoms with Crippen LogP contribution in [0.3, 0.4) is 0 Å². The van der Waals surface area contributed by atoms with Gasteiger partial charge in [-0.05, 0) is 39.8 Å². The lowest BCUT2D eigenvalue weighted by molar-refractivity contribution is -0.109. The summed E-state index contributed by atoms with van der Waals surface area (Å²) < 4.78 is 12.2. The molecule has 0 radical (unpaired) electrons. The standard InChI is InChI=1S/C30H33NO3/c1-30(14-15-32)21-31(19-22-8-4-3-5-9-22)20-27(30)25-12-13-28(33-2)29(18-25)34-26-16-23-10-6-7-11-24(23)17-26/h3-13,15,18,26-27H,14,16-17,19-21H2,1-2H3/t27-,30+/m1/s1. The minimum atomic E-state index is -0.119. The van der Waals surface area contributed by atoms with Crippen molar-refractivity contribution in [2.24, 2.45) is 5.41 Å². The van der Waals surface area contributed by atoms with Gasteiger partial charge < -0.3 is 14.3 Å². The molecule has 2 aliphatic rings. The van der Waals surface area contributed by atoms with E-state index in [4.69, 9.17) is 9.47 Å². The van der Waals surface area contributed by atoms with E-state index in [1.54, 1.807) is 7.11 Å². The van der Waals surface area contributed by atoms with Crippen molar-refractivity contribution in [3.63, 3.8) is 0 Å². The quantitative estimate of drug-likeness (QED) is 0.424. The van der Waals surface area contributed by atoms with Crippen LogP contribution in [-0.2, 0) is 24.2 Å². The molecular weight excluding hydrogens is 422 g/mol. The molecule has 1 heterocycles. The number of fused-ring (bicyclic) bond motifs is 1. The van der Waals surface area contributed by atoms with E-state index in [2.05, 4.69) is 78.6 Å². The average molecular weight is 456 g/mol. The number of aldehydes is 1. The Kier molecular flexibility index (Phi) is 6.42. The van der Waals surface area contributed by atoms with Gasteiger partial charge in [-0.15, -0.1) is 0 Å². The molecule has 5 rings (SSSR count). The summed E-state index contributed by atoms with van der Waals surface area (Å²) in [5, 5.41) is 0. The third kappa shape index (κ3) is 4.60. The molecule has 1 saturated heterocycles. The fourth-order valence-electron chi connectivity index (χ4n) is 5.81. The van der Waals surface area contributed by atoms with Gasteiger partial charge in [0.05, 0.1) is 7.11 Å². The van der Waals surface area contributed by atoms with Crippen molar-refractivity contribution in [2.45, 2.75) is 44.8 Å². The molecule has 3 aromatic rings. The highest BCUT2D eigenvalue weighted by Crippen LogP contribution is 2.47. The molecule has 0 bridgehead atoms. The summed E-state index contributed by atoms with van der Waals surface area (Å²) in [4.78, 5) is 14.1. The molecule has 34 heavy (non-hydrogen) atoms. The minimum Gasteiger partial charge on any atom is -0.493 e. The van der Waals surface area contributed by atoms with Crippen LogP contribution in [0, 0.1) is 5.41 Å². The highest BCUT2D eigenvalue weighted by Gasteiger charge is 2.43. The molecule has 3 aromatic carbocycles. The summed E-state index contributed by atoms with van der Waals surface area (Å²) in [5.74, 6) is 1.80. The Balaban J connectivity index is 1.38. The third-order valence-corrected chi connectivity index (χ3v) is 7.56. The average Bonchev–Trinajstić information content (AvgIpc) is 3.39. The number of carbonyl (C=O) groups excluding carboxylic acids is 1. The summed E-state index contributed by atoms with van der Waals surface area (Å²) in [6.07, 6.45) is 3.57. The smallest absolute Gasteiger partial charge is 0.161 e. The predicted octanol–water partition coefficient (Wildman–Crippen LogP) is 5.44. The molecule has 0 spiro atoms. The number of rotatable bonds is 8. The number of benzene rings is 3. The van der Waals surface area contributed by atoms with Gasteiger partial charge in [-0.1, -0.05) is 67.6 Å². The van der Waals surface area contributed by atoms with Crippen molar-refractivity contribution in [1.29, 1.82) is 0 Å². The maximum absolute atomic E-state index is 11.7. The molecule has 0 saturated carbocycles. The van der Waals surface area contributed by atoms with E-state index < -0.39 is 0 Å². The Bertz CT molecular complexity index is 1120. The van der Waals surface area contributed by atoms with Gasteiger partial charge in [0.25, 0.3) is 0 Å². The second-order valence-corrected chi connectivity index (χ2v) is 10.1. The van der Waals surface area contributed by atoms with E-state index in [-0.39, 0.29) is 17.4 Å². The molecule has 0 unspecified atom stereocenters. The molecule has 0 N–H and O–H groups in total. The Morgan fingerprint density at radius 1 is 0.971 bits per heavy atom. The Morgan fingerprint density at radius 2 is 1.68 bits per heavy atom. The molecule has 0 aromatic heterocycles. The lowest BCUT2D eigenvalue weighted by Gasteiger charge is -2.29. The normalized spacial score (nSPS) is 22.5. The van der Waals surface area contributed by atoms with Crippen molar-refractivity contribution in [1.82, 2.24) is 4.90 Å². The fourth-order valence-corrected chi connectivity index (χ4v) is 5.81. The lowest BCUT2D eigenvalue weighted by atomic mass is 9.74. The summed E-state index contributed by atoms with van der Waals surface area (Å²) in [5.41, 5.74) is 5.14. The fraction of sp³-hybridized carbons (Fsp3) is 0.367. The summed E-state index contributed by atoms with van der Waals surface area (Å²) >= 11 is 0. The zero-order valence-corrected chi connectivity index (χ0v) is 20.1. The zero-order valence-electron chi connectivity index (χ0n) is 20.1. The largest absolute Gasteiger partial charge is 0.493 e. The first-order valence-corrected chi connectivity index (χ1v) is 12.2. The first-order valence-electron chi connectivity index (χ1n) is 12.2. The van der Waals surface area contributed by atoms with Gasteiger partial charge in [-0.3, -0.25) is 4.90 Å². The second kappa shape index (κ2) is 9.63. The molecule has 0 amide bonds. The topological polar surface area (TPSA) is 38.8 Å². The van der Waals surface area contributed by atoms with Crippen LogP contribution in [0.25, 0.3) is 0 Å². The van der Waals surface area contributed by atoms with Gasteiger partial charge in [0.1, 0.15) is 12.4 Å². The van der Waals surface area contributed by atoms with Crippen LogP contribution in [0.1, 0.15) is 41.5 Å². The second-order valence-electron chi connectivity index (χ2n) is 10.1. The van der Waals surface area contributed by atoms with Crippen LogP contribution in [0.5, 0.6) is 11.5 Å². The Hall–Kier alpha value is -3.11. The maximum atomic E-state index is 11.7. The van der Waals surface area contributed by atoms with Crippen LogP contribution in [0.2, 0.25) is 0 Å². The van der Waals surface area contributed by atoms with E-state index >= 15 is 0 Å². The minimum absolute atomic E-state index is 0.112. The van der Waals surface area contributed by atoms with Gasteiger partial charge >= 0.3 is 0 Å². The highest BCUT2D eigenvalue weighted by molar-refractivity contribution is 5.52. The predicted molar refractivity (Wildman–Crippen MR) is 135 cm³/mol. The first-order chi connectivity index (χ1) is 16.6. The van der Waals surface area contributed by atoms with Crippen molar-refractivity contribution in [2.75, 3.05) is 20.2 Å². The van der Waals surface area contributed by atoms with E-state index in [1.165, 1.54) is 22.3 Å². The highest BCUT2D eigenvalue weighted by atomic mass is 16.5. The number of methoxy groups -OCH3 is 1. The monoisotopic (exact) mass is 455 g/mol. The SMILES string of the molecule is COc1ccc([C@H]2CN(Cc3ccccc3)C[C@]2(C)CC=O)cc1OC1Cc2ccccc2C1. The number of hydrogen-bond acceptors (Lipinski definition) is 4. The number of ether oxygens (including phenoxy) is 2. The van der Waals surface area contributed by atoms with Gasteiger partial charge in [0, 0.05) is 44.8 Å². The Labute approximate surface area is 202 Å². The molecule has 1 aliphatic heterocycles. The van der Waals surface area contributed by atoms with Gasteiger partial charge in [-0.25, -0.2) is 0 Å². The number of nitrogens with zero attached hydrogens (tertiary/aromatic N) is 1. The van der Waals surface area contributed by atoms with Crippen molar-refractivity contribution >= 4 is 6.29 Å². The number of carbonyl (C=O) groups is 1. The molecule has 4 heteroatoms. The number of likely N-dealkylation sites (tertiary alicyclic amines) is 1. The Morgan fingerprint density at radius 3 is 2.35 bits per heavy atom. The van der Waals surface area contributed by atoms with Crippen LogP contribution >= 0.6 is 0 Å². The maximum Gasteiger partial charge on any atom is 0.161 e. The molecule has 4 nitrogen and oxygen atoms in total. The molecule has 1 aliphatic carbocycles. The van der Waals surface area contributed by atoms with Gasteiger partial charge in [0.15, 0.2) is 11.5 Å². The van der Waals surface area contributed by atoms with Crippen LogP contribution in [0.4, 0.5) is 0 Å². The van der Waals surface area contributed by atoms with E-state index in [0.29, 0.717) is 6.42 Å². The van der Waals surface area contributed by atoms with Crippen LogP contribution < -0.4 is 9.47 Å². The first kappa shape index (κ1) is 22.7. The van der Waals surface area contributed by atoms with Crippen molar-refractivity contribution in [3.8, 4) is 11.5 Å². The summed E-state index contributed by atoms with van der Waals surface area (Å²) in [7, 11) is 1.69. The third-order valence-electron chi connectivity index (χ3n) is 7.56. The van der Waals surface area contributed by atoms with Crippen LogP contribution in [-0.4, -0.2) is 37.5 Å². The summed E-state index contributed by atoms with van der Waals surface area (Å²) in [6, 6.07) is 25.5. The zero-order chi connectivity index (χ0) is 23.5. The van der Waals surface area contributed by atoms with Gasteiger partial charge in [0.2, 0.25) is 0 Å². The summed E-state index contributed by atoms with van der Waals surface area (Å²) in [6.45, 7) is 4.95. The van der Waals surface area contributed by atoms with Crippen LogP contribution in [0.15, 0.2) is 72.8 Å². The van der Waals surface area contributed by atoms with E-state index in [0.717, 1.165) is 50.3 Å². The molecule has 1 fully saturated rings. The number of hydrogen-bond donors (Lipinski definition) is 0.